The summed E-state index contributed by atoms with van der Waals surface area (Å²) >= 11 is 3.36. The molecule has 1 unspecified atom stereocenters. The molecule has 2 N–H and O–H groups in total. The third-order valence-electron chi connectivity index (χ3n) is 3.63. The molecule has 5 heteroatoms. The second kappa shape index (κ2) is 4.87. The second-order valence-electron chi connectivity index (χ2n) is 5.19. The molecular formula is C13H17NO2S2. The Morgan fingerprint density at radius 3 is 2.78 bits per heavy atom. The minimum atomic E-state index is -0.699. The maximum Gasteiger partial charge on any atom is 0.325 e. The van der Waals surface area contributed by atoms with E-state index in [-0.39, 0.29) is 0 Å². The minimum Gasteiger partial charge on any atom is -0.480 e. The maximum absolute atomic E-state index is 11.8. The molecule has 0 radical (unpaired) electrons. The van der Waals surface area contributed by atoms with Gasteiger partial charge in [0.25, 0.3) is 0 Å². The van der Waals surface area contributed by atoms with Crippen LogP contribution in [0.1, 0.15) is 25.7 Å². The topological polar surface area (TPSA) is 49.3 Å². The van der Waals surface area contributed by atoms with E-state index in [1.165, 1.54) is 4.21 Å². The van der Waals surface area contributed by atoms with Crippen LogP contribution in [0.5, 0.6) is 0 Å². The van der Waals surface area contributed by atoms with Crippen LogP contribution in [0.4, 0.5) is 0 Å². The molecule has 0 spiro atoms. The van der Waals surface area contributed by atoms with Gasteiger partial charge < -0.3 is 5.11 Å². The van der Waals surface area contributed by atoms with E-state index < -0.39 is 11.5 Å². The van der Waals surface area contributed by atoms with Crippen LogP contribution in [0, 0.1) is 5.92 Å². The standard InChI is InChI=1S/C13H17NO2S2/c15-12(16)13(9-3-4-9,14-10-5-6-10)8-18-11-2-1-7-17-11/h1-2,7,9-10,14H,3-6,8H2,(H,15,16). The summed E-state index contributed by atoms with van der Waals surface area (Å²) in [6, 6.07) is 4.51. The van der Waals surface area contributed by atoms with Gasteiger partial charge in [-0.25, -0.2) is 0 Å². The Morgan fingerprint density at radius 1 is 1.50 bits per heavy atom. The summed E-state index contributed by atoms with van der Waals surface area (Å²) < 4.78 is 1.21. The molecule has 1 aromatic heterocycles. The quantitative estimate of drug-likeness (QED) is 0.756. The zero-order valence-electron chi connectivity index (χ0n) is 10.1. The first kappa shape index (κ1) is 12.5. The molecule has 3 nitrogen and oxygen atoms in total. The van der Waals surface area contributed by atoms with Gasteiger partial charge in [0, 0.05) is 11.8 Å². The normalized spacial score (nSPS) is 22.7. The Labute approximate surface area is 115 Å². The highest BCUT2D eigenvalue weighted by molar-refractivity contribution is 8.01. The van der Waals surface area contributed by atoms with E-state index in [0.717, 1.165) is 25.7 Å². The number of thioether (sulfide) groups is 1. The summed E-state index contributed by atoms with van der Waals surface area (Å²) in [6.45, 7) is 0. The van der Waals surface area contributed by atoms with Crippen molar-refractivity contribution in [1.82, 2.24) is 5.32 Å². The second-order valence-corrected chi connectivity index (χ2v) is 7.41. The van der Waals surface area contributed by atoms with Crippen LogP contribution in [0.3, 0.4) is 0 Å². The minimum absolute atomic E-state index is 0.322. The van der Waals surface area contributed by atoms with E-state index in [0.29, 0.717) is 17.7 Å². The third kappa shape index (κ3) is 2.58. The molecule has 2 aliphatic rings. The summed E-state index contributed by atoms with van der Waals surface area (Å²) in [6.07, 6.45) is 4.37. The molecule has 0 aromatic carbocycles. The first-order chi connectivity index (χ1) is 8.71. The van der Waals surface area contributed by atoms with Gasteiger partial charge in [0.15, 0.2) is 0 Å². The SMILES string of the molecule is O=C(O)C(CSc1cccs1)(NC1CC1)C1CC1. The van der Waals surface area contributed by atoms with Crippen LogP contribution in [-0.2, 0) is 4.79 Å². The molecule has 0 saturated heterocycles. The first-order valence-corrected chi connectivity index (χ1v) is 8.24. The average Bonchev–Trinajstić information content (AvgIpc) is 3.25. The summed E-state index contributed by atoms with van der Waals surface area (Å²) in [5.74, 6) is 0.299. The van der Waals surface area contributed by atoms with Gasteiger partial charge in [-0.2, -0.15) is 0 Å². The number of thiophene rings is 1. The number of hydrogen-bond acceptors (Lipinski definition) is 4. The Kier molecular flexibility index (Phi) is 3.38. The summed E-state index contributed by atoms with van der Waals surface area (Å²) in [5, 5.41) is 15.1. The van der Waals surface area contributed by atoms with Gasteiger partial charge in [0.05, 0.1) is 4.21 Å². The average molecular weight is 283 g/mol. The molecule has 2 aliphatic carbocycles. The Balaban J connectivity index is 1.72. The number of rotatable bonds is 7. The largest absolute Gasteiger partial charge is 0.480 e. The van der Waals surface area contributed by atoms with Gasteiger partial charge in [0.2, 0.25) is 0 Å². The van der Waals surface area contributed by atoms with Crippen molar-refractivity contribution < 1.29 is 9.90 Å². The van der Waals surface area contributed by atoms with Crippen LogP contribution in [0.25, 0.3) is 0 Å². The van der Waals surface area contributed by atoms with Crippen molar-refractivity contribution in [3.8, 4) is 0 Å². The van der Waals surface area contributed by atoms with Crippen molar-refractivity contribution in [2.24, 2.45) is 5.92 Å². The number of carboxylic acids is 1. The fraction of sp³-hybridized carbons (Fsp3) is 0.615. The van der Waals surface area contributed by atoms with E-state index in [4.69, 9.17) is 0 Å². The first-order valence-electron chi connectivity index (χ1n) is 6.38. The molecule has 18 heavy (non-hydrogen) atoms. The summed E-state index contributed by atoms with van der Waals surface area (Å²) in [5.41, 5.74) is -0.699. The van der Waals surface area contributed by atoms with Crippen molar-refractivity contribution in [2.45, 2.75) is 41.5 Å². The molecule has 1 heterocycles. The van der Waals surface area contributed by atoms with Crippen molar-refractivity contribution in [3.63, 3.8) is 0 Å². The van der Waals surface area contributed by atoms with Crippen molar-refractivity contribution >= 4 is 29.1 Å². The predicted molar refractivity (Wildman–Crippen MR) is 74.3 cm³/mol. The van der Waals surface area contributed by atoms with E-state index in [2.05, 4.69) is 11.4 Å². The number of aliphatic carboxylic acids is 1. The molecule has 98 valence electrons. The molecular weight excluding hydrogens is 266 g/mol. The molecule has 3 rings (SSSR count). The third-order valence-corrected chi connectivity index (χ3v) is 5.96. The Bertz CT molecular complexity index is 426. The van der Waals surface area contributed by atoms with E-state index in [9.17, 15) is 9.90 Å². The number of carboxylic acid groups (broad SMARTS) is 1. The molecule has 1 atom stereocenters. The highest BCUT2D eigenvalue weighted by atomic mass is 32.2. The predicted octanol–water partition coefficient (Wildman–Crippen LogP) is 2.83. The zero-order valence-corrected chi connectivity index (χ0v) is 11.7. The Morgan fingerprint density at radius 2 is 2.28 bits per heavy atom. The van der Waals surface area contributed by atoms with Crippen LogP contribution in [0.15, 0.2) is 21.7 Å². The van der Waals surface area contributed by atoms with Gasteiger partial charge in [-0.1, -0.05) is 6.07 Å². The molecule has 2 fully saturated rings. The molecule has 2 saturated carbocycles. The van der Waals surface area contributed by atoms with Crippen LogP contribution in [-0.4, -0.2) is 28.4 Å². The summed E-state index contributed by atoms with van der Waals surface area (Å²) in [7, 11) is 0. The lowest BCUT2D eigenvalue weighted by molar-refractivity contribution is -0.145. The number of nitrogens with one attached hydrogen (secondary N) is 1. The van der Waals surface area contributed by atoms with E-state index >= 15 is 0 Å². The molecule has 0 aliphatic heterocycles. The fourth-order valence-corrected chi connectivity index (χ4v) is 4.33. The monoisotopic (exact) mass is 283 g/mol. The van der Waals surface area contributed by atoms with Crippen molar-refractivity contribution in [3.05, 3.63) is 17.5 Å². The lowest BCUT2D eigenvalue weighted by Gasteiger charge is -2.30. The number of hydrogen-bond donors (Lipinski definition) is 2. The van der Waals surface area contributed by atoms with Crippen molar-refractivity contribution in [2.75, 3.05) is 5.75 Å². The molecule has 0 bridgehead atoms. The highest BCUT2D eigenvalue weighted by Gasteiger charge is 2.53. The Hall–Kier alpha value is -0.520. The van der Waals surface area contributed by atoms with E-state index in [1.54, 1.807) is 23.1 Å². The van der Waals surface area contributed by atoms with Crippen LogP contribution >= 0.6 is 23.1 Å². The van der Waals surface area contributed by atoms with Gasteiger partial charge >= 0.3 is 5.97 Å². The van der Waals surface area contributed by atoms with Gasteiger partial charge in [-0.3, -0.25) is 10.1 Å². The maximum atomic E-state index is 11.8. The van der Waals surface area contributed by atoms with E-state index in [1.807, 2.05) is 11.4 Å². The lowest BCUT2D eigenvalue weighted by atomic mass is 9.95. The van der Waals surface area contributed by atoms with Crippen LogP contribution < -0.4 is 5.32 Å². The molecule has 1 aromatic rings. The van der Waals surface area contributed by atoms with Gasteiger partial charge in [-0.15, -0.1) is 23.1 Å². The van der Waals surface area contributed by atoms with Crippen LogP contribution in [0.2, 0.25) is 0 Å². The zero-order chi connectivity index (χ0) is 12.6. The van der Waals surface area contributed by atoms with Crippen molar-refractivity contribution in [1.29, 1.82) is 0 Å². The smallest absolute Gasteiger partial charge is 0.325 e. The highest BCUT2D eigenvalue weighted by Crippen LogP contribution is 2.44. The van der Waals surface area contributed by atoms with Gasteiger partial charge in [0.1, 0.15) is 5.54 Å². The number of carbonyl (C=O) groups is 1. The molecule has 0 amide bonds. The van der Waals surface area contributed by atoms with Gasteiger partial charge in [-0.05, 0) is 43.0 Å². The summed E-state index contributed by atoms with van der Waals surface area (Å²) in [4.78, 5) is 11.8. The lowest BCUT2D eigenvalue weighted by Crippen LogP contribution is -2.57. The fourth-order valence-electron chi connectivity index (χ4n) is 2.27.